The molecule has 2 rings (SSSR count). The quantitative estimate of drug-likeness (QED) is 0.285. The van der Waals surface area contributed by atoms with Crippen molar-refractivity contribution in [2.24, 2.45) is 5.10 Å². The van der Waals surface area contributed by atoms with Crippen LogP contribution in [0.1, 0.15) is 25.0 Å². The Kier molecular flexibility index (Phi) is 7.11. The molecule has 140 valence electrons. The van der Waals surface area contributed by atoms with Crippen LogP contribution in [0, 0.1) is 11.7 Å². The molecule has 3 N–H and O–H groups in total. The first-order chi connectivity index (χ1) is 12.5. The maximum Gasteiger partial charge on any atom is 0.264 e. The highest BCUT2D eigenvalue weighted by atomic mass is 32.1. The van der Waals surface area contributed by atoms with Gasteiger partial charge in [-0.3, -0.25) is 14.3 Å². The molecule has 2 aromatic rings. The summed E-state index contributed by atoms with van der Waals surface area (Å²) in [7, 11) is 0. The maximum absolute atomic E-state index is 12.2. The number of hydrogen-bond donors (Lipinski definition) is 3. The SMILES string of the molecule is CCN(CC)CCNN=Cc1c(O)n(-c2ccccc2C)c(=S)[nH]c1=O. The summed E-state index contributed by atoms with van der Waals surface area (Å²) in [5.41, 5.74) is 4.10. The van der Waals surface area contributed by atoms with E-state index in [9.17, 15) is 9.90 Å². The molecule has 0 atom stereocenters. The van der Waals surface area contributed by atoms with Crippen molar-refractivity contribution >= 4 is 18.4 Å². The van der Waals surface area contributed by atoms with Crippen LogP contribution in [0.2, 0.25) is 0 Å². The number of hydrogen-bond acceptors (Lipinski definition) is 6. The van der Waals surface area contributed by atoms with E-state index in [0.717, 1.165) is 25.2 Å². The number of hydrazone groups is 1. The van der Waals surface area contributed by atoms with Gasteiger partial charge in [0.25, 0.3) is 5.56 Å². The van der Waals surface area contributed by atoms with Gasteiger partial charge in [-0.2, -0.15) is 5.10 Å². The summed E-state index contributed by atoms with van der Waals surface area (Å²) >= 11 is 5.22. The molecule has 7 nitrogen and oxygen atoms in total. The summed E-state index contributed by atoms with van der Waals surface area (Å²) in [6, 6.07) is 7.47. The third-order valence-corrected chi connectivity index (χ3v) is 4.48. The fourth-order valence-corrected chi connectivity index (χ4v) is 2.89. The van der Waals surface area contributed by atoms with Crippen molar-refractivity contribution in [2.75, 3.05) is 26.2 Å². The monoisotopic (exact) mass is 375 g/mol. The molecule has 1 heterocycles. The number of nitrogens with zero attached hydrogens (tertiary/aromatic N) is 3. The van der Waals surface area contributed by atoms with Crippen LogP contribution in [0.3, 0.4) is 0 Å². The van der Waals surface area contributed by atoms with Crippen molar-refractivity contribution in [2.45, 2.75) is 20.8 Å². The zero-order valence-corrected chi connectivity index (χ0v) is 16.1. The van der Waals surface area contributed by atoms with E-state index in [-0.39, 0.29) is 16.2 Å². The summed E-state index contributed by atoms with van der Waals surface area (Å²) in [4.78, 5) is 17.0. The number of likely N-dealkylation sites (N-methyl/N-ethyl adjacent to an activating group) is 1. The van der Waals surface area contributed by atoms with Crippen LogP contribution in [-0.2, 0) is 0 Å². The Hall–Kier alpha value is -2.45. The highest BCUT2D eigenvalue weighted by molar-refractivity contribution is 7.71. The zero-order chi connectivity index (χ0) is 19.1. The standard InChI is InChI=1S/C18H25N5O2S/c1-4-22(5-2)11-10-19-20-12-14-16(24)21-18(26)23(17(14)25)15-9-7-6-8-13(15)3/h6-9,12,19,25H,4-5,10-11H2,1-3H3,(H,21,24,26). The molecule has 0 amide bonds. The second-order valence-corrected chi connectivity index (χ2v) is 6.20. The van der Waals surface area contributed by atoms with E-state index in [4.69, 9.17) is 12.2 Å². The van der Waals surface area contributed by atoms with Gasteiger partial charge in [-0.1, -0.05) is 32.0 Å². The average Bonchev–Trinajstić information content (AvgIpc) is 2.62. The highest BCUT2D eigenvalue weighted by Crippen LogP contribution is 2.21. The third-order valence-electron chi connectivity index (χ3n) is 4.20. The van der Waals surface area contributed by atoms with Gasteiger partial charge >= 0.3 is 0 Å². The molecule has 0 aliphatic heterocycles. The van der Waals surface area contributed by atoms with Gasteiger partial charge < -0.3 is 15.4 Å². The first-order valence-electron chi connectivity index (χ1n) is 8.62. The summed E-state index contributed by atoms with van der Waals surface area (Å²) < 4.78 is 1.57. The van der Waals surface area contributed by atoms with E-state index < -0.39 is 5.56 Å². The molecule has 26 heavy (non-hydrogen) atoms. The molecule has 0 aliphatic rings. The lowest BCUT2D eigenvalue weighted by atomic mass is 10.2. The van der Waals surface area contributed by atoms with E-state index >= 15 is 0 Å². The smallest absolute Gasteiger partial charge is 0.264 e. The van der Waals surface area contributed by atoms with Gasteiger partial charge in [0.15, 0.2) is 4.77 Å². The summed E-state index contributed by atoms with van der Waals surface area (Å²) in [5.74, 6) is -0.234. The predicted octanol–water partition coefficient (Wildman–Crippen LogP) is 2.17. The largest absolute Gasteiger partial charge is 0.494 e. The van der Waals surface area contributed by atoms with E-state index in [1.165, 1.54) is 10.8 Å². The predicted molar refractivity (Wildman–Crippen MR) is 107 cm³/mol. The van der Waals surface area contributed by atoms with E-state index in [0.29, 0.717) is 12.2 Å². The number of rotatable bonds is 8. The first kappa shape index (κ1) is 19.9. The number of H-pyrrole nitrogens is 1. The van der Waals surface area contributed by atoms with Gasteiger partial charge in [0, 0.05) is 13.1 Å². The minimum atomic E-state index is -0.480. The van der Waals surface area contributed by atoms with Crippen molar-refractivity contribution in [3.05, 3.63) is 50.5 Å². The van der Waals surface area contributed by atoms with Crippen molar-refractivity contribution in [1.29, 1.82) is 0 Å². The molecule has 8 heteroatoms. The van der Waals surface area contributed by atoms with Crippen LogP contribution < -0.4 is 11.0 Å². The summed E-state index contributed by atoms with van der Waals surface area (Å²) in [6.07, 6.45) is 1.32. The number of aryl methyl sites for hydroxylation is 1. The normalized spacial score (nSPS) is 11.4. The van der Waals surface area contributed by atoms with Crippen LogP contribution in [0.5, 0.6) is 5.88 Å². The Morgan fingerprint density at radius 2 is 2.04 bits per heavy atom. The molecule has 0 fully saturated rings. The minimum absolute atomic E-state index is 0.0530. The molecule has 1 aromatic heterocycles. The molecule has 0 radical (unpaired) electrons. The summed E-state index contributed by atoms with van der Waals surface area (Å²) in [5, 5.41) is 14.7. The van der Waals surface area contributed by atoms with E-state index in [1.54, 1.807) is 0 Å². The maximum atomic E-state index is 12.2. The van der Waals surface area contributed by atoms with Gasteiger partial charge in [0.05, 0.1) is 11.9 Å². The van der Waals surface area contributed by atoms with Crippen LogP contribution in [0.15, 0.2) is 34.2 Å². The Labute approximate surface area is 158 Å². The van der Waals surface area contributed by atoms with Gasteiger partial charge in [-0.15, -0.1) is 0 Å². The van der Waals surface area contributed by atoms with Gasteiger partial charge in [-0.25, -0.2) is 0 Å². The third kappa shape index (κ3) is 4.59. The number of aromatic nitrogens is 2. The van der Waals surface area contributed by atoms with Gasteiger partial charge in [0.2, 0.25) is 5.88 Å². The molecule has 0 aliphatic carbocycles. The summed E-state index contributed by atoms with van der Waals surface area (Å²) in [6.45, 7) is 9.55. The molecule has 1 aromatic carbocycles. The van der Waals surface area contributed by atoms with E-state index in [1.807, 2.05) is 31.2 Å². The second kappa shape index (κ2) is 9.30. The molecule has 0 bridgehead atoms. The Morgan fingerprint density at radius 1 is 1.35 bits per heavy atom. The molecule has 0 spiro atoms. The van der Waals surface area contributed by atoms with Gasteiger partial charge in [-0.05, 0) is 43.9 Å². The Bertz CT molecular complexity index is 884. The molecular formula is C18H25N5O2S. The first-order valence-corrected chi connectivity index (χ1v) is 9.03. The molecule has 0 saturated heterocycles. The molecule has 0 unspecified atom stereocenters. The lowest BCUT2D eigenvalue weighted by Gasteiger charge is -2.17. The van der Waals surface area contributed by atoms with Crippen LogP contribution in [0.25, 0.3) is 5.69 Å². The highest BCUT2D eigenvalue weighted by Gasteiger charge is 2.13. The number of para-hydroxylation sites is 1. The number of aromatic hydroxyl groups is 1. The molecular weight excluding hydrogens is 350 g/mol. The topological polar surface area (TPSA) is 85.7 Å². The lowest BCUT2D eigenvalue weighted by Crippen LogP contribution is -2.30. The lowest BCUT2D eigenvalue weighted by molar-refractivity contribution is 0.303. The Balaban J connectivity index is 2.26. The van der Waals surface area contributed by atoms with Crippen molar-refractivity contribution in [3.63, 3.8) is 0 Å². The number of benzene rings is 1. The second-order valence-electron chi connectivity index (χ2n) is 5.81. The number of aromatic amines is 1. The Morgan fingerprint density at radius 3 is 2.69 bits per heavy atom. The molecule has 0 saturated carbocycles. The number of nitrogens with one attached hydrogen (secondary N) is 2. The minimum Gasteiger partial charge on any atom is -0.494 e. The van der Waals surface area contributed by atoms with Crippen molar-refractivity contribution in [1.82, 2.24) is 19.9 Å². The van der Waals surface area contributed by atoms with Crippen LogP contribution in [-0.4, -0.2) is 52.0 Å². The van der Waals surface area contributed by atoms with Crippen LogP contribution in [0.4, 0.5) is 0 Å². The fourth-order valence-electron chi connectivity index (χ4n) is 2.62. The van der Waals surface area contributed by atoms with Crippen molar-refractivity contribution < 1.29 is 5.11 Å². The van der Waals surface area contributed by atoms with Crippen molar-refractivity contribution in [3.8, 4) is 11.6 Å². The average molecular weight is 375 g/mol. The van der Waals surface area contributed by atoms with Crippen LogP contribution >= 0.6 is 12.2 Å². The van der Waals surface area contributed by atoms with E-state index in [2.05, 4.69) is 34.3 Å². The fraction of sp³-hybridized carbons (Fsp3) is 0.389. The zero-order valence-electron chi connectivity index (χ0n) is 15.3. The van der Waals surface area contributed by atoms with Gasteiger partial charge in [0.1, 0.15) is 5.56 Å².